The largest absolute Gasteiger partial charge is 0.493 e. The van der Waals surface area contributed by atoms with Gasteiger partial charge in [-0.3, -0.25) is 4.79 Å². The topological polar surface area (TPSA) is 67.8 Å². The molecule has 0 bridgehead atoms. The second-order valence-corrected chi connectivity index (χ2v) is 7.70. The van der Waals surface area contributed by atoms with Crippen molar-refractivity contribution in [2.45, 2.75) is 27.2 Å². The van der Waals surface area contributed by atoms with Crippen LogP contribution in [0.4, 0.5) is 5.82 Å². The highest BCUT2D eigenvalue weighted by molar-refractivity contribution is 5.76. The molecule has 0 saturated carbocycles. The summed E-state index contributed by atoms with van der Waals surface area (Å²) in [5.74, 6) is 2.81. The predicted molar refractivity (Wildman–Crippen MR) is 112 cm³/mol. The third-order valence-corrected chi connectivity index (χ3v) is 4.72. The monoisotopic (exact) mass is 398 g/mol. The van der Waals surface area contributed by atoms with Gasteiger partial charge in [0.1, 0.15) is 17.9 Å². The van der Waals surface area contributed by atoms with E-state index in [4.69, 9.17) is 9.47 Å². The fourth-order valence-electron chi connectivity index (χ4n) is 3.14. The first-order valence-corrected chi connectivity index (χ1v) is 10.2. The Hall–Kier alpha value is -2.83. The Morgan fingerprint density at radius 3 is 2.62 bits per heavy atom. The Labute approximate surface area is 172 Å². The number of ether oxygens (including phenoxy) is 2. The zero-order valence-electron chi connectivity index (χ0n) is 17.5. The summed E-state index contributed by atoms with van der Waals surface area (Å²) in [4.78, 5) is 25.1. The number of rotatable bonds is 8. The summed E-state index contributed by atoms with van der Waals surface area (Å²) in [6.07, 6.45) is 1.92. The van der Waals surface area contributed by atoms with Gasteiger partial charge < -0.3 is 19.3 Å². The molecular weight excluding hydrogens is 368 g/mol. The second-order valence-electron chi connectivity index (χ2n) is 7.70. The van der Waals surface area contributed by atoms with Crippen molar-refractivity contribution in [3.8, 4) is 11.6 Å². The lowest BCUT2D eigenvalue weighted by Crippen LogP contribution is -2.49. The van der Waals surface area contributed by atoms with Crippen LogP contribution in [0.3, 0.4) is 0 Å². The van der Waals surface area contributed by atoms with Crippen molar-refractivity contribution >= 4 is 11.7 Å². The van der Waals surface area contributed by atoms with E-state index in [9.17, 15) is 4.79 Å². The smallest absolute Gasteiger partial charge is 0.226 e. The minimum Gasteiger partial charge on any atom is -0.493 e. The lowest BCUT2D eigenvalue weighted by Gasteiger charge is -2.35. The van der Waals surface area contributed by atoms with Gasteiger partial charge >= 0.3 is 0 Å². The predicted octanol–water partition coefficient (Wildman–Crippen LogP) is 2.94. The number of nitrogens with zero attached hydrogens (tertiary/aromatic N) is 4. The molecule has 1 amide bonds. The lowest BCUT2D eigenvalue weighted by atomic mass is 10.2. The molecule has 0 spiro atoms. The van der Waals surface area contributed by atoms with Gasteiger partial charge in [-0.05, 0) is 30.5 Å². The van der Waals surface area contributed by atoms with Crippen LogP contribution in [0.5, 0.6) is 11.6 Å². The summed E-state index contributed by atoms with van der Waals surface area (Å²) in [6, 6.07) is 9.74. The summed E-state index contributed by atoms with van der Waals surface area (Å²) in [5, 5.41) is 0. The zero-order valence-corrected chi connectivity index (χ0v) is 17.5. The maximum Gasteiger partial charge on any atom is 0.226 e. The Kier molecular flexibility index (Phi) is 7.27. The van der Waals surface area contributed by atoms with Gasteiger partial charge in [0.25, 0.3) is 0 Å². The van der Waals surface area contributed by atoms with Crippen molar-refractivity contribution < 1.29 is 14.3 Å². The van der Waals surface area contributed by atoms with Gasteiger partial charge in [-0.2, -0.15) is 0 Å². The van der Waals surface area contributed by atoms with Crippen molar-refractivity contribution in [3.63, 3.8) is 0 Å². The van der Waals surface area contributed by atoms with Gasteiger partial charge in [0, 0.05) is 32.2 Å². The summed E-state index contributed by atoms with van der Waals surface area (Å²) >= 11 is 0. The maximum absolute atomic E-state index is 12.5. The van der Waals surface area contributed by atoms with Crippen molar-refractivity contribution in [1.82, 2.24) is 14.9 Å². The van der Waals surface area contributed by atoms with Crippen LogP contribution in [0.15, 0.2) is 36.7 Å². The Morgan fingerprint density at radius 2 is 1.90 bits per heavy atom. The zero-order chi connectivity index (χ0) is 20.6. The third kappa shape index (κ3) is 6.34. The highest BCUT2D eigenvalue weighted by Gasteiger charge is 2.22. The quantitative estimate of drug-likeness (QED) is 0.681. The molecule has 0 N–H and O–H groups in total. The molecule has 1 aromatic heterocycles. The molecule has 1 aliphatic heterocycles. The Bertz CT molecular complexity index is 804. The fraction of sp³-hybridized carbons (Fsp3) is 0.500. The minimum atomic E-state index is 0.126. The van der Waals surface area contributed by atoms with Crippen LogP contribution in [0.1, 0.15) is 25.8 Å². The summed E-state index contributed by atoms with van der Waals surface area (Å²) in [5.41, 5.74) is 1.15. The van der Waals surface area contributed by atoms with E-state index < -0.39 is 0 Å². The first-order valence-electron chi connectivity index (χ1n) is 10.2. The van der Waals surface area contributed by atoms with Crippen LogP contribution >= 0.6 is 0 Å². The Balaban J connectivity index is 1.44. The summed E-state index contributed by atoms with van der Waals surface area (Å²) in [6.45, 7) is 10.1. The van der Waals surface area contributed by atoms with Gasteiger partial charge in [-0.1, -0.05) is 26.0 Å². The number of piperazine rings is 1. The fourth-order valence-corrected chi connectivity index (χ4v) is 3.14. The van der Waals surface area contributed by atoms with E-state index in [2.05, 4.69) is 28.7 Å². The molecule has 1 aromatic carbocycles. The molecule has 2 heterocycles. The first kappa shape index (κ1) is 20.9. The average Bonchev–Trinajstić information content (AvgIpc) is 2.72. The van der Waals surface area contributed by atoms with E-state index in [-0.39, 0.29) is 5.91 Å². The van der Waals surface area contributed by atoms with Crippen LogP contribution in [-0.2, 0) is 4.79 Å². The normalized spacial score (nSPS) is 14.2. The standard InChI is InChI=1S/C22H30N4O3/c1-17(2)15-29-21-14-20(23-16-24-21)25-8-10-26(11-9-25)22(27)7-12-28-19-6-4-5-18(3)13-19/h4-6,13-14,16-17H,7-12,15H2,1-3H3. The van der Waals surface area contributed by atoms with Gasteiger partial charge in [0.05, 0.1) is 19.6 Å². The maximum atomic E-state index is 12.5. The number of aryl methyl sites for hydroxylation is 1. The molecule has 0 atom stereocenters. The van der Waals surface area contributed by atoms with Crippen LogP contribution in [0, 0.1) is 12.8 Å². The summed E-state index contributed by atoms with van der Waals surface area (Å²) < 4.78 is 11.4. The van der Waals surface area contributed by atoms with Crippen LogP contribution in [-0.4, -0.2) is 60.2 Å². The van der Waals surface area contributed by atoms with Gasteiger partial charge in [0.2, 0.25) is 11.8 Å². The number of hydrogen-bond acceptors (Lipinski definition) is 6. The highest BCUT2D eigenvalue weighted by Crippen LogP contribution is 2.18. The van der Waals surface area contributed by atoms with Crippen LogP contribution in [0.2, 0.25) is 0 Å². The number of hydrogen-bond donors (Lipinski definition) is 0. The molecule has 0 unspecified atom stereocenters. The molecule has 1 aliphatic rings. The minimum absolute atomic E-state index is 0.126. The molecule has 2 aromatic rings. The van der Waals surface area contributed by atoms with Crippen molar-refractivity contribution in [3.05, 3.63) is 42.2 Å². The van der Waals surface area contributed by atoms with E-state index in [0.29, 0.717) is 44.5 Å². The van der Waals surface area contributed by atoms with Gasteiger partial charge in [0.15, 0.2) is 0 Å². The van der Waals surface area contributed by atoms with Crippen molar-refractivity contribution in [2.24, 2.45) is 5.92 Å². The number of carbonyl (C=O) groups is 1. The van der Waals surface area contributed by atoms with E-state index in [1.807, 2.05) is 42.2 Å². The summed E-state index contributed by atoms with van der Waals surface area (Å²) in [7, 11) is 0. The van der Waals surface area contributed by atoms with Crippen LogP contribution < -0.4 is 14.4 Å². The van der Waals surface area contributed by atoms with E-state index in [0.717, 1.165) is 30.2 Å². The van der Waals surface area contributed by atoms with E-state index in [1.165, 1.54) is 6.33 Å². The molecule has 29 heavy (non-hydrogen) atoms. The Morgan fingerprint density at radius 1 is 1.10 bits per heavy atom. The third-order valence-electron chi connectivity index (χ3n) is 4.72. The average molecular weight is 399 g/mol. The molecule has 1 fully saturated rings. The highest BCUT2D eigenvalue weighted by atomic mass is 16.5. The van der Waals surface area contributed by atoms with Crippen LogP contribution in [0.25, 0.3) is 0 Å². The van der Waals surface area contributed by atoms with Crippen molar-refractivity contribution in [1.29, 1.82) is 0 Å². The number of carbonyl (C=O) groups excluding carboxylic acids is 1. The number of aromatic nitrogens is 2. The molecule has 7 heteroatoms. The lowest BCUT2D eigenvalue weighted by molar-refractivity contribution is -0.132. The molecule has 0 radical (unpaired) electrons. The van der Waals surface area contributed by atoms with Crippen molar-refractivity contribution in [2.75, 3.05) is 44.3 Å². The first-order chi connectivity index (χ1) is 14.0. The molecular formula is C22H30N4O3. The second kappa shape index (κ2) is 10.1. The molecule has 1 saturated heterocycles. The van der Waals surface area contributed by atoms with Gasteiger partial charge in [-0.15, -0.1) is 0 Å². The molecule has 7 nitrogen and oxygen atoms in total. The van der Waals surface area contributed by atoms with E-state index in [1.54, 1.807) is 0 Å². The van der Waals surface area contributed by atoms with Gasteiger partial charge in [-0.25, -0.2) is 9.97 Å². The SMILES string of the molecule is Cc1cccc(OCCC(=O)N2CCN(c3cc(OCC(C)C)ncn3)CC2)c1. The molecule has 3 rings (SSSR count). The van der Waals surface area contributed by atoms with E-state index >= 15 is 0 Å². The number of amides is 1. The molecule has 0 aliphatic carbocycles. The number of anilines is 1. The number of benzene rings is 1. The molecule has 156 valence electrons.